The molecule has 0 radical (unpaired) electrons. The molecule has 0 aromatic rings. The van der Waals surface area contributed by atoms with Gasteiger partial charge in [-0.3, -0.25) is 0 Å². The Hall–Kier alpha value is -0.0600. The predicted molar refractivity (Wildman–Crippen MR) is 62.1 cm³/mol. The summed E-state index contributed by atoms with van der Waals surface area (Å²) in [5.74, 6) is 0. The Morgan fingerprint density at radius 1 is 1.43 bits per heavy atom. The van der Waals surface area contributed by atoms with Crippen molar-refractivity contribution >= 4 is 17.6 Å². The van der Waals surface area contributed by atoms with Crippen LogP contribution in [0.3, 0.4) is 0 Å². The van der Waals surface area contributed by atoms with Gasteiger partial charge in [-0.25, -0.2) is 0 Å². The summed E-state index contributed by atoms with van der Waals surface area (Å²) in [5, 5.41) is 0. The maximum Gasteiger partial charge on any atom is 0.144 e. The molecule has 0 unspecified atom stereocenters. The molecule has 0 spiro atoms. The Kier molecular flexibility index (Phi) is 7.23. The van der Waals surface area contributed by atoms with E-state index < -0.39 is 11.4 Å². The van der Waals surface area contributed by atoms with Gasteiger partial charge in [0.15, 0.2) is 0 Å². The zero-order valence-electron chi connectivity index (χ0n) is 9.58. The van der Waals surface area contributed by atoms with Gasteiger partial charge < -0.3 is 9.29 Å². The van der Waals surface area contributed by atoms with Gasteiger partial charge in [0.1, 0.15) is 16.1 Å². The van der Waals surface area contributed by atoms with E-state index in [-0.39, 0.29) is 4.75 Å². The van der Waals surface area contributed by atoms with Gasteiger partial charge in [-0.1, -0.05) is 17.7 Å². The van der Waals surface area contributed by atoms with E-state index >= 15 is 0 Å². The van der Waals surface area contributed by atoms with Crippen LogP contribution in [-0.4, -0.2) is 28.7 Å². The van der Waals surface area contributed by atoms with Crippen LogP contribution in [0, 0.1) is 0 Å². The SMILES string of the molecule is CCCCOC/C=N/[S@+]([O-])C(C)(C)C. The van der Waals surface area contributed by atoms with Crippen LogP contribution in [0.15, 0.2) is 4.40 Å². The zero-order valence-corrected chi connectivity index (χ0v) is 10.4. The van der Waals surface area contributed by atoms with Crippen molar-refractivity contribution < 1.29 is 9.29 Å². The number of unbranched alkanes of at least 4 members (excludes halogenated alkanes) is 1. The van der Waals surface area contributed by atoms with Crippen LogP contribution < -0.4 is 0 Å². The second kappa shape index (κ2) is 7.26. The lowest BCUT2D eigenvalue weighted by molar-refractivity contribution is 0.170. The van der Waals surface area contributed by atoms with Crippen LogP contribution in [0.5, 0.6) is 0 Å². The topological polar surface area (TPSA) is 44.6 Å². The first-order valence-corrected chi connectivity index (χ1v) is 6.11. The number of nitrogens with zero attached hydrogens (tertiary/aromatic N) is 1. The highest BCUT2D eigenvalue weighted by Gasteiger charge is 2.25. The van der Waals surface area contributed by atoms with Crippen LogP contribution in [-0.2, 0) is 16.1 Å². The van der Waals surface area contributed by atoms with E-state index in [2.05, 4.69) is 11.3 Å². The summed E-state index contributed by atoms with van der Waals surface area (Å²) >= 11 is -1.16. The molecular weight excluding hydrogens is 198 g/mol. The number of ether oxygens (including phenoxy) is 1. The molecule has 0 saturated heterocycles. The fourth-order valence-electron chi connectivity index (χ4n) is 0.639. The van der Waals surface area contributed by atoms with Crippen molar-refractivity contribution in [2.45, 2.75) is 45.3 Å². The Morgan fingerprint density at radius 2 is 2.07 bits per heavy atom. The molecule has 0 saturated carbocycles. The summed E-state index contributed by atoms with van der Waals surface area (Å²) in [6.45, 7) is 9.04. The van der Waals surface area contributed by atoms with E-state index in [9.17, 15) is 4.55 Å². The van der Waals surface area contributed by atoms with Gasteiger partial charge in [-0.05, 0) is 27.2 Å². The van der Waals surface area contributed by atoms with Gasteiger partial charge in [-0.15, -0.1) is 0 Å². The van der Waals surface area contributed by atoms with Gasteiger partial charge in [0.25, 0.3) is 0 Å². The first kappa shape index (κ1) is 13.9. The quantitative estimate of drug-likeness (QED) is 0.391. The lowest BCUT2D eigenvalue weighted by Crippen LogP contribution is -2.26. The summed E-state index contributed by atoms with van der Waals surface area (Å²) in [6.07, 6.45) is 3.79. The summed E-state index contributed by atoms with van der Waals surface area (Å²) in [7, 11) is 0. The maximum absolute atomic E-state index is 11.4. The highest BCUT2D eigenvalue weighted by Crippen LogP contribution is 2.16. The van der Waals surface area contributed by atoms with Gasteiger partial charge in [0.2, 0.25) is 0 Å². The van der Waals surface area contributed by atoms with E-state index in [0.717, 1.165) is 19.4 Å². The normalized spacial score (nSPS) is 14.9. The van der Waals surface area contributed by atoms with Crippen molar-refractivity contribution in [3.63, 3.8) is 0 Å². The summed E-state index contributed by atoms with van der Waals surface area (Å²) in [4.78, 5) is 0. The predicted octanol–water partition coefficient (Wildman–Crippen LogP) is 2.34. The van der Waals surface area contributed by atoms with Gasteiger partial charge in [-0.2, -0.15) is 0 Å². The van der Waals surface area contributed by atoms with Crippen LogP contribution in [0.25, 0.3) is 0 Å². The molecule has 0 aliphatic heterocycles. The van der Waals surface area contributed by atoms with Crippen molar-refractivity contribution in [2.24, 2.45) is 4.40 Å². The first-order chi connectivity index (χ1) is 6.48. The summed E-state index contributed by atoms with van der Waals surface area (Å²) in [5.41, 5.74) is 0. The smallest absolute Gasteiger partial charge is 0.144 e. The second-order valence-electron chi connectivity index (χ2n) is 4.08. The standard InChI is InChI=1S/C10H21NO2S/c1-5-6-8-13-9-7-11-14(12)10(2,3)4/h7H,5-6,8-9H2,1-4H3/b11-7+/t14-/m1/s1. The largest absolute Gasteiger partial charge is 0.591 e. The number of hydrogen-bond donors (Lipinski definition) is 0. The van der Waals surface area contributed by atoms with Crippen molar-refractivity contribution in [1.29, 1.82) is 0 Å². The molecule has 0 aromatic carbocycles. The van der Waals surface area contributed by atoms with E-state index in [0.29, 0.717) is 6.61 Å². The molecule has 0 aromatic heterocycles. The van der Waals surface area contributed by atoms with E-state index in [4.69, 9.17) is 4.74 Å². The highest BCUT2D eigenvalue weighted by molar-refractivity contribution is 7.91. The molecule has 3 nitrogen and oxygen atoms in total. The van der Waals surface area contributed by atoms with Crippen LogP contribution in [0.4, 0.5) is 0 Å². The molecule has 0 N–H and O–H groups in total. The molecule has 84 valence electrons. The third-order valence-electron chi connectivity index (χ3n) is 1.53. The Morgan fingerprint density at radius 3 is 2.57 bits per heavy atom. The van der Waals surface area contributed by atoms with Crippen LogP contribution in [0.2, 0.25) is 0 Å². The van der Waals surface area contributed by atoms with Crippen molar-refractivity contribution in [3.8, 4) is 0 Å². The van der Waals surface area contributed by atoms with E-state index in [1.165, 1.54) is 0 Å². The molecule has 4 heteroatoms. The van der Waals surface area contributed by atoms with Gasteiger partial charge in [0.05, 0.1) is 12.8 Å². The molecule has 0 heterocycles. The first-order valence-electron chi connectivity index (χ1n) is 5.00. The number of hydrogen-bond acceptors (Lipinski definition) is 3. The lowest BCUT2D eigenvalue weighted by Gasteiger charge is -2.17. The minimum absolute atomic E-state index is 0.278. The monoisotopic (exact) mass is 219 g/mol. The van der Waals surface area contributed by atoms with Crippen LogP contribution in [0.1, 0.15) is 40.5 Å². The average molecular weight is 219 g/mol. The third kappa shape index (κ3) is 7.35. The molecule has 14 heavy (non-hydrogen) atoms. The third-order valence-corrected chi connectivity index (χ3v) is 2.92. The van der Waals surface area contributed by atoms with Gasteiger partial charge >= 0.3 is 0 Å². The summed E-state index contributed by atoms with van der Waals surface area (Å²) < 4.78 is 20.3. The molecule has 0 rings (SSSR count). The van der Waals surface area contributed by atoms with Crippen molar-refractivity contribution in [2.75, 3.05) is 13.2 Å². The molecule has 0 aliphatic carbocycles. The minimum Gasteiger partial charge on any atom is -0.591 e. The average Bonchev–Trinajstić information content (AvgIpc) is 2.09. The number of rotatable bonds is 6. The minimum atomic E-state index is -1.16. The Bertz CT molecular complexity index is 166. The fraction of sp³-hybridized carbons (Fsp3) is 0.900. The van der Waals surface area contributed by atoms with E-state index in [1.807, 2.05) is 20.8 Å². The second-order valence-corrected chi connectivity index (χ2v) is 6.01. The fourth-order valence-corrected chi connectivity index (χ4v) is 1.15. The molecule has 1 atom stereocenters. The Labute approximate surface area is 90.3 Å². The zero-order chi connectivity index (χ0) is 11.0. The lowest BCUT2D eigenvalue weighted by atomic mass is 10.3. The molecule has 0 amide bonds. The van der Waals surface area contributed by atoms with Gasteiger partial charge in [0, 0.05) is 6.61 Å². The molecule has 0 fully saturated rings. The molecule has 0 bridgehead atoms. The van der Waals surface area contributed by atoms with E-state index in [1.54, 1.807) is 6.21 Å². The van der Waals surface area contributed by atoms with Crippen LogP contribution >= 0.6 is 0 Å². The van der Waals surface area contributed by atoms with Crippen molar-refractivity contribution in [1.82, 2.24) is 0 Å². The molecule has 0 aliphatic rings. The Balaban J connectivity index is 3.53. The van der Waals surface area contributed by atoms with Crippen molar-refractivity contribution in [3.05, 3.63) is 0 Å². The summed E-state index contributed by atoms with van der Waals surface area (Å²) in [6, 6.07) is 0. The highest BCUT2D eigenvalue weighted by atomic mass is 32.2. The molecular formula is C10H21NO2S. The maximum atomic E-state index is 11.4.